The molecule has 5 amide bonds. The van der Waals surface area contributed by atoms with Gasteiger partial charge in [0.05, 0.1) is 5.69 Å². The van der Waals surface area contributed by atoms with E-state index in [2.05, 4.69) is 26.6 Å². The normalized spacial score (nSPS) is 17.8. The first-order valence-electron chi connectivity index (χ1n) is 18.8. The Morgan fingerprint density at radius 3 is 2.31 bits per heavy atom. The number of ether oxygens (including phenoxy) is 1. The molecule has 7 N–H and O–H groups in total. The van der Waals surface area contributed by atoms with Gasteiger partial charge in [0, 0.05) is 67.9 Å². The molecule has 1 aromatic heterocycles. The summed E-state index contributed by atoms with van der Waals surface area (Å²) >= 11 is 3.36. The van der Waals surface area contributed by atoms with Crippen LogP contribution in [0.3, 0.4) is 0 Å². The Hall–Kier alpha value is -2.88. The molecule has 1 aromatic rings. The third kappa shape index (κ3) is 15.2. The Balaban J connectivity index is 1.45. The van der Waals surface area contributed by atoms with Gasteiger partial charge < -0.3 is 37.1 Å². The van der Waals surface area contributed by atoms with Crippen LogP contribution in [-0.2, 0) is 40.9 Å². The molecule has 2 aliphatic rings. The van der Waals surface area contributed by atoms with E-state index >= 15 is 0 Å². The second-order valence-electron chi connectivity index (χ2n) is 14.3. The number of pyridine rings is 1. The highest BCUT2D eigenvalue weighted by Gasteiger charge is 2.43. The van der Waals surface area contributed by atoms with E-state index in [1.807, 2.05) is 45.9 Å². The highest BCUT2D eigenvalue weighted by Crippen LogP contribution is 2.23. The summed E-state index contributed by atoms with van der Waals surface area (Å²) in [5.41, 5.74) is 6.32. The number of carbonyl (C=O) groups excluding carboxylic acids is 5. The van der Waals surface area contributed by atoms with Crippen molar-refractivity contribution in [2.24, 2.45) is 17.6 Å². The van der Waals surface area contributed by atoms with Crippen molar-refractivity contribution in [2.75, 3.05) is 43.6 Å². The van der Waals surface area contributed by atoms with Crippen molar-refractivity contribution in [3.05, 3.63) is 29.6 Å². The molecule has 292 valence electrons. The van der Waals surface area contributed by atoms with Gasteiger partial charge in [0.2, 0.25) is 29.5 Å². The second-order valence-corrected chi connectivity index (χ2v) is 16.6. The number of aromatic nitrogens is 1. The number of rotatable bonds is 22. The molecular weight excluding hydrogens is 703 g/mol. The average Bonchev–Trinajstić information content (AvgIpc) is 3.12. The van der Waals surface area contributed by atoms with Gasteiger partial charge >= 0.3 is 0 Å². The van der Waals surface area contributed by atoms with Crippen LogP contribution in [0.15, 0.2) is 18.2 Å². The molecule has 0 unspecified atom stereocenters. The van der Waals surface area contributed by atoms with Crippen LogP contribution in [-0.4, -0.2) is 102 Å². The van der Waals surface area contributed by atoms with Gasteiger partial charge in [0.15, 0.2) is 0 Å². The Bertz CT molecular complexity index is 1310. The fraction of sp³-hybridized carbons (Fsp3) is 0.730. The van der Waals surface area contributed by atoms with Crippen molar-refractivity contribution < 1.29 is 28.7 Å². The van der Waals surface area contributed by atoms with Crippen molar-refractivity contribution in [3.63, 3.8) is 0 Å². The minimum absolute atomic E-state index is 0.0755. The number of thioether (sulfide) groups is 2. The third-order valence-electron chi connectivity index (χ3n) is 9.57. The Morgan fingerprint density at radius 2 is 1.63 bits per heavy atom. The maximum Gasteiger partial charge on any atom is 0.246 e. The summed E-state index contributed by atoms with van der Waals surface area (Å²) in [5.74, 6) is 1.13. The van der Waals surface area contributed by atoms with E-state index < -0.39 is 35.3 Å². The van der Waals surface area contributed by atoms with E-state index in [0.29, 0.717) is 50.0 Å². The van der Waals surface area contributed by atoms with Crippen molar-refractivity contribution in [2.45, 2.75) is 115 Å². The van der Waals surface area contributed by atoms with Crippen LogP contribution < -0.4 is 32.3 Å². The van der Waals surface area contributed by atoms with Gasteiger partial charge in [-0.1, -0.05) is 40.2 Å². The van der Waals surface area contributed by atoms with E-state index in [1.165, 1.54) is 0 Å². The summed E-state index contributed by atoms with van der Waals surface area (Å²) in [6.45, 7) is 10.2. The van der Waals surface area contributed by atoms with Crippen LogP contribution in [0.4, 0.5) is 0 Å². The fourth-order valence-electron chi connectivity index (χ4n) is 6.24. The van der Waals surface area contributed by atoms with E-state index in [1.54, 1.807) is 23.5 Å². The summed E-state index contributed by atoms with van der Waals surface area (Å²) in [6.07, 6.45) is 5.11. The molecule has 0 aromatic carbocycles. The van der Waals surface area contributed by atoms with E-state index in [-0.39, 0.29) is 42.9 Å². The first-order valence-corrected chi connectivity index (χ1v) is 21.1. The first kappa shape index (κ1) is 43.5. The molecule has 0 bridgehead atoms. The van der Waals surface area contributed by atoms with Crippen molar-refractivity contribution >= 4 is 53.1 Å². The second kappa shape index (κ2) is 23.0. The monoisotopic (exact) mass is 763 g/mol. The number of piperidine rings is 1. The smallest absolute Gasteiger partial charge is 0.246 e. The van der Waals surface area contributed by atoms with E-state index in [9.17, 15) is 24.0 Å². The number of nitrogens with one attached hydrogen (secondary N) is 5. The largest absolute Gasteiger partial charge is 0.381 e. The number of primary amides is 1. The molecule has 15 heteroatoms. The van der Waals surface area contributed by atoms with Gasteiger partial charge in [-0.25, -0.2) is 0 Å². The zero-order chi connectivity index (χ0) is 37.9. The molecule has 2 saturated heterocycles. The molecule has 3 heterocycles. The van der Waals surface area contributed by atoms with Crippen LogP contribution in [0.1, 0.15) is 90.4 Å². The average molecular weight is 764 g/mol. The van der Waals surface area contributed by atoms with Gasteiger partial charge in [0.1, 0.15) is 17.6 Å². The lowest BCUT2D eigenvalue weighted by Gasteiger charge is -2.38. The minimum Gasteiger partial charge on any atom is -0.381 e. The molecule has 3 atom stereocenters. The maximum atomic E-state index is 13.8. The van der Waals surface area contributed by atoms with Crippen molar-refractivity contribution in [3.8, 4) is 0 Å². The predicted octanol–water partition coefficient (Wildman–Crippen LogP) is 2.45. The number of hydrogen-bond acceptors (Lipinski definition) is 10. The highest BCUT2D eigenvalue weighted by molar-refractivity contribution is 7.99. The molecule has 0 saturated carbocycles. The molecule has 0 radical (unpaired) electrons. The van der Waals surface area contributed by atoms with Gasteiger partial charge in [-0.2, -0.15) is 23.5 Å². The van der Waals surface area contributed by atoms with Gasteiger partial charge in [-0.3, -0.25) is 29.0 Å². The summed E-state index contributed by atoms with van der Waals surface area (Å²) in [7, 11) is 0. The highest BCUT2D eigenvalue weighted by atomic mass is 32.2. The van der Waals surface area contributed by atoms with Crippen LogP contribution in [0.2, 0.25) is 0 Å². The molecule has 13 nitrogen and oxygen atoms in total. The van der Waals surface area contributed by atoms with E-state index in [4.69, 9.17) is 15.5 Å². The zero-order valence-corrected chi connectivity index (χ0v) is 33.1. The summed E-state index contributed by atoms with van der Waals surface area (Å²) in [6, 6.07) is 4.54. The van der Waals surface area contributed by atoms with Gasteiger partial charge in [0.25, 0.3) is 0 Å². The molecule has 2 fully saturated rings. The van der Waals surface area contributed by atoms with Crippen LogP contribution in [0.25, 0.3) is 0 Å². The maximum absolute atomic E-state index is 13.8. The molecule has 52 heavy (non-hydrogen) atoms. The fourth-order valence-corrected chi connectivity index (χ4v) is 7.97. The zero-order valence-electron chi connectivity index (χ0n) is 31.4. The number of nitrogens with zero attached hydrogens (tertiary/aromatic N) is 1. The van der Waals surface area contributed by atoms with Gasteiger partial charge in [-0.05, 0) is 68.5 Å². The molecular formula is C37H61N7O6S2. The van der Waals surface area contributed by atoms with Crippen molar-refractivity contribution in [1.82, 2.24) is 31.6 Å². The standard InChI is InChI=1S/C37H61N7O6S2/c1-5-26(4)33(34(38)47)43-35(48)30(23-25(2)3)42-36(49)37(14-18-50-19-15-37)44-32(46)13-22-52-24-29-8-6-7-27(40-29)11-20-51-21-12-31(45)41-28-9-16-39-17-10-28/h6-8,25-26,28,30,33,39H,5,9-24H2,1-4H3,(H2,38,47)(H,41,45)(H,42,49)(H,43,48)(H,44,46)/t26-,30-,33-/m0/s1. The summed E-state index contributed by atoms with van der Waals surface area (Å²) in [5, 5.41) is 15.1. The lowest BCUT2D eigenvalue weighted by Crippen LogP contribution is -2.64. The number of hydrogen-bond donors (Lipinski definition) is 6. The summed E-state index contributed by atoms with van der Waals surface area (Å²) < 4.78 is 5.53. The van der Waals surface area contributed by atoms with Crippen LogP contribution in [0.5, 0.6) is 0 Å². The van der Waals surface area contributed by atoms with E-state index in [0.717, 1.165) is 55.2 Å². The Kier molecular flexibility index (Phi) is 19.3. The molecule has 3 rings (SSSR count). The molecule has 2 aliphatic heterocycles. The Labute approximate surface area is 318 Å². The number of nitrogens with two attached hydrogens (primary N) is 1. The lowest BCUT2D eigenvalue weighted by atomic mass is 9.87. The topological polar surface area (TPSA) is 194 Å². The van der Waals surface area contributed by atoms with Crippen molar-refractivity contribution in [1.29, 1.82) is 0 Å². The number of carbonyl (C=O) groups is 5. The summed E-state index contributed by atoms with van der Waals surface area (Å²) in [4.78, 5) is 69.5. The number of amides is 5. The Morgan fingerprint density at radius 1 is 0.962 bits per heavy atom. The predicted molar refractivity (Wildman–Crippen MR) is 208 cm³/mol. The molecule has 0 spiro atoms. The first-order chi connectivity index (χ1) is 24.9. The van der Waals surface area contributed by atoms with Crippen LogP contribution >= 0.6 is 23.5 Å². The molecule has 0 aliphatic carbocycles. The lowest BCUT2D eigenvalue weighted by molar-refractivity contribution is -0.140. The third-order valence-corrected chi connectivity index (χ3v) is 11.6. The quantitative estimate of drug-likeness (QED) is 0.0957. The minimum atomic E-state index is -1.21. The number of aryl methyl sites for hydroxylation is 1. The van der Waals surface area contributed by atoms with Crippen LogP contribution in [0, 0.1) is 11.8 Å². The SMILES string of the molecule is CC[C@H](C)[C@H](NC(=O)[C@H](CC(C)C)NC(=O)C1(NC(=O)CCSCc2cccc(CCSCCC(=O)NC3CCNCC3)n2)CCOCC1)C(N)=O. The van der Waals surface area contributed by atoms with Gasteiger partial charge in [-0.15, -0.1) is 0 Å².